The normalized spacial score (nSPS) is 10.3. The third-order valence-corrected chi connectivity index (χ3v) is 2.41. The van der Waals surface area contributed by atoms with Gasteiger partial charge in [0.25, 0.3) is 0 Å². The molecule has 2 N–H and O–H groups in total. The van der Waals surface area contributed by atoms with Gasteiger partial charge in [0.1, 0.15) is 23.5 Å². The molecule has 0 saturated carbocycles. The van der Waals surface area contributed by atoms with Gasteiger partial charge < -0.3 is 10.6 Å². The maximum Gasteiger partial charge on any atom is 0.216 e. The van der Waals surface area contributed by atoms with Gasteiger partial charge in [-0.15, -0.1) is 0 Å². The first-order valence-corrected chi connectivity index (χ1v) is 5.56. The number of amides is 1. The van der Waals surface area contributed by atoms with Crippen molar-refractivity contribution in [1.29, 1.82) is 0 Å². The Labute approximate surface area is 103 Å². The van der Waals surface area contributed by atoms with E-state index in [0.717, 1.165) is 0 Å². The van der Waals surface area contributed by atoms with Gasteiger partial charge in [-0.25, -0.2) is 14.4 Å². The van der Waals surface area contributed by atoms with E-state index in [4.69, 9.17) is 0 Å². The van der Waals surface area contributed by atoms with Crippen LogP contribution in [0.2, 0.25) is 0 Å². The van der Waals surface area contributed by atoms with E-state index in [-0.39, 0.29) is 17.2 Å². The highest BCUT2D eigenvalue weighted by molar-refractivity contribution is 5.89. The summed E-state index contributed by atoms with van der Waals surface area (Å²) in [5, 5.41) is 6.32. The fourth-order valence-corrected chi connectivity index (χ4v) is 1.61. The summed E-state index contributed by atoms with van der Waals surface area (Å²) in [6, 6.07) is 4.72. The molecule has 94 valence electrons. The van der Waals surface area contributed by atoms with Crippen molar-refractivity contribution in [2.24, 2.45) is 0 Å². The molecule has 0 bridgehead atoms. The number of halogens is 1. The van der Waals surface area contributed by atoms with Crippen LogP contribution in [0, 0.1) is 5.82 Å². The second-order valence-electron chi connectivity index (χ2n) is 3.77. The smallest absolute Gasteiger partial charge is 0.216 e. The zero-order valence-corrected chi connectivity index (χ0v) is 9.90. The minimum Gasteiger partial charge on any atom is -0.368 e. The maximum atomic E-state index is 13.5. The van der Waals surface area contributed by atoms with Gasteiger partial charge in [0.15, 0.2) is 0 Å². The van der Waals surface area contributed by atoms with Crippen molar-refractivity contribution >= 4 is 22.6 Å². The lowest BCUT2D eigenvalue weighted by molar-refractivity contribution is -0.118. The van der Waals surface area contributed by atoms with Crippen LogP contribution in [0.4, 0.5) is 10.2 Å². The first-order chi connectivity index (χ1) is 8.68. The molecule has 0 spiro atoms. The Kier molecular flexibility index (Phi) is 3.66. The summed E-state index contributed by atoms with van der Waals surface area (Å²) in [6.45, 7) is 2.45. The fraction of sp³-hybridized carbons (Fsp3) is 0.250. The molecule has 6 heteroatoms. The Bertz CT molecular complexity index is 573. The van der Waals surface area contributed by atoms with Crippen LogP contribution in [0.1, 0.15) is 6.92 Å². The Hall–Kier alpha value is -2.24. The van der Waals surface area contributed by atoms with Crippen LogP contribution in [0.15, 0.2) is 24.5 Å². The van der Waals surface area contributed by atoms with E-state index in [1.54, 1.807) is 12.1 Å². The molecule has 0 radical (unpaired) electrons. The number of fused-ring (bicyclic) bond motifs is 1. The number of nitrogens with zero attached hydrogens (tertiary/aromatic N) is 2. The Morgan fingerprint density at radius 1 is 1.33 bits per heavy atom. The summed E-state index contributed by atoms with van der Waals surface area (Å²) in [4.78, 5) is 18.7. The molecule has 1 heterocycles. The average molecular weight is 248 g/mol. The Morgan fingerprint density at radius 3 is 2.94 bits per heavy atom. The summed E-state index contributed by atoms with van der Waals surface area (Å²) in [7, 11) is 0. The van der Waals surface area contributed by atoms with Gasteiger partial charge in [-0.2, -0.15) is 0 Å². The number of nitrogens with one attached hydrogen (secondary N) is 2. The number of aromatic nitrogens is 2. The number of hydrogen-bond acceptors (Lipinski definition) is 4. The molecule has 2 rings (SSSR count). The summed E-state index contributed by atoms with van der Waals surface area (Å²) in [5.41, 5.74) is 0.287. The zero-order valence-electron chi connectivity index (χ0n) is 9.90. The third kappa shape index (κ3) is 2.71. The quantitative estimate of drug-likeness (QED) is 0.801. The van der Waals surface area contributed by atoms with Crippen molar-refractivity contribution in [3.8, 4) is 0 Å². The number of rotatable bonds is 4. The highest BCUT2D eigenvalue weighted by Gasteiger charge is 2.06. The number of carbonyl (C=O) groups is 1. The van der Waals surface area contributed by atoms with E-state index >= 15 is 0 Å². The SMILES string of the molecule is CC(=O)NCCNc1ncnc2c(F)cccc12. The van der Waals surface area contributed by atoms with Gasteiger partial charge in [0, 0.05) is 25.4 Å². The van der Waals surface area contributed by atoms with Gasteiger partial charge in [0.05, 0.1) is 0 Å². The van der Waals surface area contributed by atoms with Crippen LogP contribution in [-0.2, 0) is 4.79 Å². The number of benzene rings is 1. The molecule has 2 aromatic rings. The number of carbonyl (C=O) groups excluding carboxylic acids is 1. The molecular weight excluding hydrogens is 235 g/mol. The van der Waals surface area contributed by atoms with E-state index in [0.29, 0.717) is 24.3 Å². The number of hydrogen-bond donors (Lipinski definition) is 2. The predicted molar refractivity (Wildman–Crippen MR) is 66.7 cm³/mol. The molecular formula is C12H13FN4O. The first kappa shape index (κ1) is 12.2. The van der Waals surface area contributed by atoms with Gasteiger partial charge >= 0.3 is 0 Å². The molecule has 1 amide bonds. The van der Waals surface area contributed by atoms with Crippen molar-refractivity contribution in [2.45, 2.75) is 6.92 Å². The molecule has 0 atom stereocenters. The summed E-state index contributed by atoms with van der Waals surface area (Å²) in [5.74, 6) is 0.0973. The van der Waals surface area contributed by atoms with Crippen molar-refractivity contribution in [3.63, 3.8) is 0 Å². The van der Waals surface area contributed by atoms with Crippen molar-refractivity contribution in [3.05, 3.63) is 30.3 Å². The van der Waals surface area contributed by atoms with Gasteiger partial charge in [-0.1, -0.05) is 6.07 Å². The number of para-hydroxylation sites is 1. The predicted octanol–water partition coefficient (Wildman–Crippen LogP) is 1.32. The van der Waals surface area contributed by atoms with Crippen LogP contribution in [0.3, 0.4) is 0 Å². The summed E-state index contributed by atoms with van der Waals surface area (Å²) < 4.78 is 13.5. The second-order valence-corrected chi connectivity index (χ2v) is 3.77. The molecule has 0 aliphatic heterocycles. The molecule has 1 aromatic heterocycles. The van der Waals surface area contributed by atoms with Crippen LogP contribution < -0.4 is 10.6 Å². The minimum absolute atomic E-state index is 0.0876. The van der Waals surface area contributed by atoms with Crippen LogP contribution in [-0.4, -0.2) is 29.0 Å². The molecule has 0 saturated heterocycles. The van der Waals surface area contributed by atoms with Crippen LogP contribution >= 0.6 is 0 Å². The van der Waals surface area contributed by atoms with Gasteiger partial charge in [-0.05, 0) is 12.1 Å². The highest BCUT2D eigenvalue weighted by Crippen LogP contribution is 2.20. The molecule has 0 aliphatic rings. The van der Waals surface area contributed by atoms with Crippen LogP contribution in [0.25, 0.3) is 10.9 Å². The van der Waals surface area contributed by atoms with E-state index in [9.17, 15) is 9.18 Å². The van der Waals surface area contributed by atoms with Gasteiger partial charge in [0.2, 0.25) is 5.91 Å². The van der Waals surface area contributed by atoms with Crippen molar-refractivity contribution < 1.29 is 9.18 Å². The largest absolute Gasteiger partial charge is 0.368 e. The molecule has 18 heavy (non-hydrogen) atoms. The summed E-state index contributed by atoms with van der Waals surface area (Å²) in [6.07, 6.45) is 1.31. The lowest BCUT2D eigenvalue weighted by Gasteiger charge is -2.08. The van der Waals surface area contributed by atoms with Crippen LogP contribution in [0.5, 0.6) is 0 Å². The first-order valence-electron chi connectivity index (χ1n) is 5.56. The van der Waals surface area contributed by atoms with E-state index in [2.05, 4.69) is 20.6 Å². The number of anilines is 1. The molecule has 5 nitrogen and oxygen atoms in total. The molecule has 0 unspecified atom stereocenters. The third-order valence-electron chi connectivity index (χ3n) is 2.41. The molecule has 0 fully saturated rings. The highest BCUT2D eigenvalue weighted by atomic mass is 19.1. The summed E-state index contributed by atoms with van der Waals surface area (Å²) >= 11 is 0. The fourth-order valence-electron chi connectivity index (χ4n) is 1.61. The monoisotopic (exact) mass is 248 g/mol. The second kappa shape index (κ2) is 5.39. The molecule has 1 aromatic carbocycles. The van der Waals surface area contributed by atoms with E-state index in [1.807, 2.05) is 0 Å². The van der Waals surface area contributed by atoms with Crippen molar-refractivity contribution in [1.82, 2.24) is 15.3 Å². The van der Waals surface area contributed by atoms with E-state index in [1.165, 1.54) is 19.3 Å². The van der Waals surface area contributed by atoms with E-state index < -0.39 is 0 Å². The minimum atomic E-state index is -0.375. The standard InChI is InChI=1S/C12H13FN4O/c1-8(18)14-5-6-15-12-9-3-2-4-10(13)11(9)16-7-17-12/h2-4,7H,5-6H2,1H3,(H,14,18)(H,15,16,17). The lowest BCUT2D eigenvalue weighted by Crippen LogP contribution is -2.26. The zero-order chi connectivity index (χ0) is 13.0. The van der Waals surface area contributed by atoms with Crippen molar-refractivity contribution in [2.75, 3.05) is 18.4 Å². The molecule has 0 aliphatic carbocycles. The Balaban J connectivity index is 2.13. The average Bonchev–Trinajstić information content (AvgIpc) is 2.35. The van der Waals surface area contributed by atoms with Gasteiger partial charge in [-0.3, -0.25) is 4.79 Å². The lowest BCUT2D eigenvalue weighted by atomic mass is 10.2. The maximum absolute atomic E-state index is 13.5. The topological polar surface area (TPSA) is 66.9 Å². The Morgan fingerprint density at radius 2 is 2.17 bits per heavy atom.